The molecule has 0 unspecified atom stereocenters. The van der Waals surface area contributed by atoms with Crippen molar-refractivity contribution < 1.29 is 4.79 Å². The monoisotopic (exact) mass is 402 g/mol. The first-order valence-electron chi connectivity index (χ1n) is 8.10. The number of carbonyl (C=O) groups excluding carboxylic acids is 1. The third-order valence-corrected chi connectivity index (χ3v) is 4.93. The van der Waals surface area contributed by atoms with E-state index in [0.29, 0.717) is 16.0 Å². The van der Waals surface area contributed by atoms with E-state index in [4.69, 9.17) is 17.4 Å². The first-order valence-corrected chi connectivity index (χ1v) is 9.47. The van der Waals surface area contributed by atoms with Gasteiger partial charge in [-0.2, -0.15) is 0 Å². The number of nitrogen functional groups attached to an aromatic ring is 1. The van der Waals surface area contributed by atoms with E-state index < -0.39 is 0 Å². The molecule has 27 heavy (non-hydrogen) atoms. The van der Waals surface area contributed by atoms with Gasteiger partial charge in [0.15, 0.2) is 5.82 Å². The Bertz CT molecular complexity index is 941. The summed E-state index contributed by atoms with van der Waals surface area (Å²) in [4.78, 5) is 14.2. The fraction of sp³-hybridized carbons (Fsp3) is 0.167. The van der Waals surface area contributed by atoms with Crippen molar-refractivity contribution in [3.05, 3.63) is 53.6 Å². The van der Waals surface area contributed by atoms with Gasteiger partial charge in [-0.1, -0.05) is 35.5 Å². The fourth-order valence-corrected chi connectivity index (χ4v) is 3.22. The molecule has 2 aromatic carbocycles. The Morgan fingerprint density at radius 1 is 1.22 bits per heavy atom. The van der Waals surface area contributed by atoms with E-state index in [2.05, 4.69) is 15.5 Å². The highest BCUT2D eigenvalue weighted by molar-refractivity contribution is 7.99. The molecule has 1 heterocycles. The molecule has 3 rings (SSSR count). The summed E-state index contributed by atoms with van der Waals surface area (Å²) in [5.41, 5.74) is 2.56. The van der Waals surface area contributed by atoms with Crippen LogP contribution in [0.1, 0.15) is 0 Å². The average Bonchev–Trinajstić information content (AvgIpc) is 3.01. The predicted octanol–water partition coefficient (Wildman–Crippen LogP) is 3.11. The first-order chi connectivity index (χ1) is 12.9. The van der Waals surface area contributed by atoms with Crippen LogP contribution in [-0.2, 0) is 4.79 Å². The van der Waals surface area contributed by atoms with E-state index in [1.165, 1.54) is 16.4 Å². The fourth-order valence-electron chi connectivity index (χ4n) is 2.37. The maximum absolute atomic E-state index is 12.2. The summed E-state index contributed by atoms with van der Waals surface area (Å²) in [6.45, 7) is 0. The number of benzene rings is 2. The second kappa shape index (κ2) is 8.32. The summed E-state index contributed by atoms with van der Waals surface area (Å²) >= 11 is 7.21. The molecule has 0 spiro atoms. The standard InChI is InChI=1S/C18H19ClN6OS/c1-24(2)15-8-6-14(7-9-15)21-16(26)11-27-18-23-22-17(25(18)20)12-4-3-5-13(19)10-12/h3-10H,11,20H2,1-2H3,(H,21,26). The van der Waals surface area contributed by atoms with Crippen LogP contribution in [0.2, 0.25) is 5.02 Å². The SMILES string of the molecule is CN(C)c1ccc(NC(=O)CSc2nnc(-c3cccc(Cl)c3)n2N)cc1. The number of halogens is 1. The van der Waals surface area contributed by atoms with E-state index in [-0.39, 0.29) is 11.7 Å². The Balaban J connectivity index is 1.61. The lowest BCUT2D eigenvalue weighted by Gasteiger charge is -2.13. The van der Waals surface area contributed by atoms with Crippen molar-refractivity contribution in [2.24, 2.45) is 0 Å². The van der Waals surface area contributed by atoms with Crippen LogP contribution >= 0.6 is 23.4 Å². The number of nitrogens with two attached hydrogens (primary N) is 1. The van der Waals surface area contributed by atoms with Crippen molar-refractivity contribution in [3.63, 3.8) is 0 Å². The minimum Gasteiger partial charge on any atom is -0.378 e. The van der Waals surface area contributed by atoms with Gasteiger partial charge in [-0.05, 0) is 36.4 Å². The number of hydrogen-bond donors (Lipinski definition) is 2. The van der Waals surface area contributed by atoms with E-state index in [1.807, 2.05) is 55.4 Å². The zero-order chi connectivity index (χ0) is 19.4. The molecule has 0 radical (unpaired) electrons. The Morgan fingerprint density at radius 2 is 1.96 bits per heavy atom. The number of carbonyl (C=O) groups is 1. The highest BCUT2D eigenvalue weighted by atomic mass is 35.5. The number of anilines is 2. The Hall–Kier alpha value is -2.71. The third-order valence-electron chi connectivity index (χ3n) is 3.75. The molecule has 7 nitrogen and oxygen atoms in total. The number of nitrogens with zero attached hydrogens (tertiary/aromatic N) is 4. The number of amides is 1. The maximum atomic E-state index is 12.2. The van der Waals surface area contributed by atoms with Crippen LogP contribution in [0.15, 0.2) is 53.7 Å². The largest absolute Gasteiger partial charge is 0.378 e. The molecule has 1 aromatic heterocycles. The van der Waals surface area contributed by atoms with Gasteiger partial charge in [-0.3, -0.25) is 4.79 Å². The maximum Gasteiger partial charge on any atom is 0.234 e. The number of nitrogens with one attached hydrogen (secondary N) is 1. The summed E-state index contributed by atoms with van der Waals surface area (Å²) in [6.07, 6.45) is 0. The molecular formula is C18H19ClN6OS. The summed E-state index contributed by atoms with van der Waals surface area (Å²) < 4.78 is 1.36. The van der Waals surface area contributed by atoms with Crippen LogP contribution in [-0.4, -0.2) is 40.6 Å². The van der Waals surface area contributed by atoms with Crippen molar-refractivity contribution in [3.8, 4) is 11.4 Å². The zero-order valence-corrected chi connectivity index (χ0v) is 16.5. The highest BCUT2D eigenvalue weighted by Gasteiger charge is 2.14. The molecule has 3 aromatic rings. The first kappa shape index (κ1) is 19.1. The van der Waals surface area contributed by atoms with Crippen molar-refractivity contribution in [1.29, 1.82) is 0 Å². The molecule has 0 aliphatic carbocycles. The molecule has 0 bridgehead atoms. The lowest BCUT2D eigenvalue weighted by Crippen LogP contribution is -2.16. The molecule has 0 fully saturated rings. The van der Waals surface area contributed by atoms with Crippen LogP contribution in [0.3, 0.4) is 0 Å². The summed E-state index contributed by atoms with van der Waals surface area (Å²) in [5.74, 6) is 6.57. The molecule has 0 atom stereocenters. The van der Waals surface area contributed by atoms with E-state index >= 15 is 0 Å². The number of hydrogen-bond acceptors (Lipinski definition) is 6. The van der Waals surface area contributed by atoms with E-state index in [1.54, 1.807) is 12.1 Å². The summed E-state index contributed by atoms with van der Waals surface area (Å²) in [5, 5.41) is 12.0. The summed E-state index contributed by atoms with van der Waals surface area (Å²) in [7, 11) is 3.93. The van der Waals surface area contributed by atoms with Gasteiger partial charge in [0, 0.05) is 36.1 Å². The normalized spacial score (nSPS) is 10.6. The Kier molecular flexibility index (Phi) is 5.88. The third kappa shape index (κ3) is 4.72. The predicted molar refractivity (Wildman–Crippen MR) is 111 cm³/mol. The van der Waals surface area contributed by atoms with Gasteiger partial charge in [0.2, 0.25) is 11.1 Å². The molecule has 1 amide bonds. The molecule has 140 valence electrons. The lowest BCUT2D eigenvalue weighted by molar-refractivity contribution is -0.113. The average molecular weight is 403 g/mol. The van der Waals surface area contributed by atoms with Gasteiger partial charge >= 0.3 is 0 Å². The molecule has 9 heteroatoms. The molecule has 0 aliphatic heterocycles. The van der Waals surface area contributed by atoms with Crippen LogP contribution in [0.4, 0.5) is 11.4 Å². The Morgan fingerprint density at radius 3 is 2.63 bits per heavy atom. The van der Waals surface area contributed by atoms with Crippen molar-refractivity contribution in [1.82, 2.24) is 14.9 Å². The van der Waals surface area contributed by atoms with Gasteiger partial charge < -0.3 is 16.1 Å². The smallest absolute Gasteiger partial charge is 0.234 e. The molecule has 3 N–H and O–H groups in total. The van der Waals surface area contributed by atoms with Crippen LogP contribution in [0.5, 0.6) is 0 Å². The van der Waals surface area contributed by atoms with Crippen molar-refractivity contribution >= 4 is 40.6 Å². The topological polar surface area (TPSA) is 89.1 Å². The van der Waals surface area contributed by atoms with Gasteiger partial charge in [-0.25, -0.2) is 4.68 Å². The second-order valence-electron chi connectivity index (χ2n) is 5.96. The molecule has 0 aliphatic rings. The zero-order valence-electron chi connectivity index (χ0n) is 14.9. The van der Waals surface area contributed by atoms with Gasteiger partial charge in [-0.15, -0.1) is 10.2 Å². The van der Waals surface area contributed by atoms with Gasteiger partial charge in [0.05, 0.1) is 5.75 Å². The van der Waals surface area contributed by atoms with Gasteiger partial charge in [0.1, 0.15) is 0 Å². The number of thioether (sulfide) groups is 1. The molecular weight excluding hydrogens is 384 g/mol. The number of aromatic nitrogens is 3. The van der Waals surface area contributed by atoms with E-state index in [0.717, 1.165) is 16.9 Å². The minimum absolute atomic E-state index is 0.148. The number of rotatable bonds is 6. The van der Waals surface area contributed by atoms with Crippen LogP contribution < -0.4 is 16.1 Å². The van der Waals surface area contributed by atoms with Gasteiger partial charge in [0.25, 0.3) is 0 Å². The second-order valence-corrected chi connectivity index (χ2v) is 7.34. The van der Waals surface area contributed by atoms with Crippen LogP contribution in [0, 0.1) is 0 Å². The lowest BCUT2D eigenvalue weighted by atomic mass is 10.2. The molecule has 0 saturated carbocycles. The quantitative estimate of drug-likeness (QED) is 0.486. The minimum atomic E-state index is -0.148. The Labute approximate surface area is 166 Å². The van der Waals surface area contributed by atoms with Crippen molar-refractivity contribution in [2.75, 3.05) is 35.9 Å². The van der Waals surface area contributed by atoms with Crippen LogP contribution in [0.25, 0.3) is 11.4 Å². The summed E-state index contributed by atoms with van der Waals surface area (Å²) in [6, 6.07) is 14.8. The highest BCUT2D eigenvalue weighted by Crippen LogP contribution is 2.24. The molecule has 0 saturated heterocycles. The van der Waals surface area contributed by atoms with E-state index in [9.17, 15) is 4.79 Å². The van der Waals surface area contributed by atoms with Crippen molar-refractivity contribution in [2.45, 2.75) is 5.16 Å².